The zero-order chi connectivity index (χ0) is 17.2. The maximum atomic E-state index is 12.1. The molecule has 2 N–H and O–H groups in total. The van der Waals surface area contributed by atoms with E-state index in [4.69, 9.17) is 9.47 Å². The van der Waals surface area contributed by atoms with Crippen LogP contribution in [0.2, 0.25) is 0 Å². The van der Waals surface area contributed by atoms with E-state index in [-0.39, 0.29) is 13.2 Å². The third kappa shape index (κ3) is 5.71. The highest BCUT2D eigenvalue weighted by Gasteiger charge is 2.42. The number of carbonyl (C=O) groups is 2. The summed E-state index contributed by atoms with van der Waals surface area (Å²) in [4.78, 5) is 25.4. The number of carbonyl (C=O) groups excluding carboxylic acids is 2. The van der Waals surface area contributed by atoms with Gasteiger partial charge in [-0.2, -0.15) is 0 Å². The summed E-state index contributed by atoms with van der Waals surface area (Å²) in [6.07, 6.45) is -0.608. The standard InChI is InChI=1S/C15H28N2O5/c1-13(2,3)21-11(19)16-15(10-18)7-8-17(9-15)12(20)22-14(4,5)6/h18H,7-10H2,1-6H3,(H,16,19)/t15-/m1/s1. The number of likely N-dealkylation sites (tertiary alicyclic amines) is 1. The zero-order valence-electron chi connectivity index (χ0n) is 14.4. The SMILES string of the molecule is CC(C)(C)OC(=O)N[C@]1(CO)CCN(C(=O)OC(C)(C)C)C1. The molecule has 1 heterocycles. The third-order valence-electron chi connectivity index (χ3n) is 3.07. The van der Waals surface area contributed by atoms with E-state index in [2.05, 4.69) is 5.32 Å². The lowest BCUT2D eigenvalue weighted by molar-refractivity contribution is 0.0239. The molecule has 1 fully saturated rings. The van der Waals surface area contributed by atoms with Gasteiger partial charge in [-0.05, 0) is 48.0 Å². The molecule has 128 valence electrons. The van der Waals surface area contributed by atoms with Crippen molar-refractivity contribution >= 4 is 12.2 Å². The molecule has 0 spiro atoms. The van der Waals surface area contributed by atoms with Crippen molar-refractivity contribution in [3.8, 4) is 0 Å². The van der Waals surface area contributed by atoms with Crippen molar-refractivity contribution in [2.45, 2.75) is 64.7 Å². The Kier molecular flexibility index (Phi) is 5.33. The lowest BCUT2D eigenvalue weighted by atomic mass is 10.0. The largest absolute Gasteiger partial charge is 0.444 e. The van der Waals surface area contributed by atoms with Gasteiger partial charge in [-0.15, -0.1) is 0 Å². The smallest absolute Gasteiger partial charge is 0.410 e. The van der Waals surface area contributed by atoms with Gasteiger partial charge in [0.2, 0.25) is 0 Å². The normalized spacial score (nSPS) is 22.4. The first-order valence-electron chi connectivity index (χ1n) is 7.46. The molecule has 7 nitrogen and oxygen atoms in total. The molecule has 0 aromatic rings. The molecule has 0 aromatic heterocycles. The molecule has 1 saturated heterocycles. The molecule has 1 rings (SSSR count). The van der Waals surface area contributed by atoms with Crippen molar-refractivity contribution in [1.82, 2.24) is 10.2 Å². The number of alkyl carbamates (subject to hydrolysis) is 1. The van der Waals surface area contributed by atoms with Crippen LogP contribution in [0, 0.1) is 0 Å². The summed E-state index contributed by atoms with van der Waals surface area (Å²) in [5, 5.41) is 12.3. The van der Waals surface area contributed by atoms with E-state index < -0.39 is 28.9 Å². The summed E-state index contributed by atoms with van der Waals surface area (Å²) in [7, 11) is 0. The van der Waals surface area contributed by atoms with Crippen LogP contribution in [0.3, 0.4) is 0 Å². The number of amides is 2. The average molecular weight is 316 g/mol. The fourth-order valence-electron chi connectivity index (χ4n) is 2.15. The van der Waals surface area contributed by atoms with Gasteiger partial charge in [-0.1, -0.05) is 0 Å². The van der Waals surface area contributed by atoms with Crippen molar-refractivity contribution < 1.29 is 24.2 Å². The third-order valence-corrected chi connectivity index (χ3v) is 3.07. The van der Waals surface area contributed by atoms with Crippen molar-refractivity contribution in [1.29, 1.82) is 0 Å². The average Bonchev–Trinajstić information content (AvgIpc) is 2.69. The molecule has 0 bridgehead atoms. The summed E-state index contributed by atoms with van der Waals surface area (Å²) in [6, 6.07) is 0. The molecular formula is C15H28N2O5. The van der Waals surface area contributed by atoms with Crippen molar-refractivity contribution in [3.05, 3.63) is 0 Å². The predicted molar refractivity (Wildman–Crippen MR) is 81.6 cm³/mol. The first-order valence-corrected chi connectivity index (χ1v) is 7.46. The number of ether oxygens (including phenoxy) is 2. The molecule has 22 heavy (non-hydrogen) atoms. The van der Waals surface area contributed by atoms with E-state index in [9.17, 15) is 14.7 Å². The Morgan fingerprint density at radius 3 is 2.14 bits per heavy atom. The van der Waals surface area contributed by atoms with E-state index in [0.717, 1.165) is 0 Å². The van der Waals surface area contributed by atoms with Crippen molar-refractivity contribution in [2.24, 2.45) is 0 Å². The number of aliphatic hydroxyl groups is 1. The second kappa shape index (κ2) is 6.32. The van der Waals surface area contributed by atoms with Gasteiger partial charge >= 0.3 is 12.2 Å². The molecule has 0 aliphatic carbocycles. The Morgan fingerprint density at radius 1 is 1.14 bits per heavy atom. The van der Waals surface area contributed by atoms with Crippen LogP contribution in [-0.4, -0.2) is 58.6 Å². The van der Waals surface area contributed by atoms with Crippen LogP contribution in [0.1, 0.15) is 48.0 Å². The molecule has 1 aliphatic rings. The van der Waals surface area contributed by atoms with E-state index >= 15 is 0 Å². The highest BCUT2D eigenvalue weighted by atomic mass is 16.6. The fraction of sp³-hybridized carbons (Fsp3) is 0.867. The lowest BCUT2D eigenvalue weighted by Crippen LogP contribution is -2.54. The van der Waals surface area contributed by atoms with Gasteiger partial charge in [0.25, 0.3) is 0 Å². The molecular weight excluding hydrogens is 288 g/mol. The molecule has 1 aliphatic heterocycles. The Morgan fingerprint density at radius 2 is 1.68 bits per heavy atom. The van der Waals surface area contributed by atoms with Gasteiger partial charge in [0.05, 0.1) is 12.1 Å². The Hall–Kier alpha value is -1.50. The molecule has 1 atom stereocenters. The Balaban J connectivity index is 2.66. The first kappa shape index (κ1) is 18.5. The Labute approximate surface area is 131 Å². The van der Waals surface area contributed by atoms with Gasteiger partial charge in [-0.3, -0.25) is 0 Å². The summed E-state index contributed by atoms with van der Waals surface area (Å²) in [5.74, 6) is 0. The van der Waals surface area contributed by atoms with Gasteiger partial charge in [0.15, 0.2) is 0 Å². The minimum absolute atomic E-state index is 0.192. The maximum Gasteiger partial charge on any atom is 0.410 e. The van der Waals surface area contributed by atoms with Gasteiger partial charge in [0.1, 0.15) is 11.2 Å². The zero-order valence-corrected chi connectivity index (χ0v) is 14.4. The summed E-state index contributed by atoms with van der Waals surface area (Å²) in [6.45, 7) is 11.0. The molecule has 0 saturated carbocycles. The van der Waals surface area contributed by atoms with Crippen molar-refractivity contribution in [3.63, 3.8) is 0 Å². The minimum Gasteiger partial charge on any atom is -0.444 e. The molecule has 0 unspecified atom stereocenters. The van der Waals surface area contributed by atoms with Crippen LogP contribution in [0.25, 0.3) is 0 Å². The second-order valence-corrected chi connectivity index (χ2v) is 7.72. The van der Waals surface area contributed by atoms with Crippen LogP contribution >= 0.6 is 0 Å². The quantitative estimate of drug-likeness (QED) is 0.812. The second-order valence-electron chi connectivity index (χ2n) is 7.72. The van der Waals surface area contributed by atoms with Gasteiger partial charge < -0.3 is 24.8 Å². The van der Waals surface area contributed by atoms with E-state index in [1.165, 1.54) is 4.90 Å². The van der Waals surface area contributed by atoms with Gasteiger partial charge in [-0.25, -0.2) is 9.59 Å². The molecule has 0 aromatic carbocycles. The van der Waals surface area contributed by atoms with E-state index in [0.29, 0.717) is 13.0 Å². The van der Waals surface area contributed by atoms with Crippen LogP contribution in [-0.2, 0) is 9.47 Å². The molecule has 7 heteroatoms. The summed E-state index contributed by atoms with van der Waals surface area (Å²) >= 11 is 0. The predicted octanol–water partition coefficient (Wildman–Crippen LogP) is 1.88. The van der Waals surface area contributed by atoms with Gasteiger partial charge in [0, 0.05) is 13.1 Å². The van der Waals surface area contributed by atoms with Crippen LogP contribution < -0.4 is 5.32 Å². The molecule has 0 radical (unpaired) electrons. The first-order chi connectivity index (χ1) is 9.86. The van der Waals surface area contributed by atoms with E-state index in [1.807, 2.05) is 0 Å². The monoisotopic (exact) mass is 316 g/mol. The lowest BCUT2D eigenvalue weighted by Gasteiger charge is -2.30. The number of nitrogens with one attached hydrogen (secondary N) is 1. The number of aliphatic hydroxyl groups excluding tert-OH is 1. The Bertz CT molecular complexity index is 425. The number of nitrogens with zero attached hydrogens (tertiary/aromatic N) is 1. The number of hydrogen-bond acceptors (Lipinski definition) is 5. The summed E-state index contributed by atoms with van der Waals surface area (Å²) in [5.41, 5.74) is -2.09. The highest BCUT2D eigenvalue weighted by molar-refractivity contribution is 5.71. The van der Waals surface area contributed by atoms with Crippen LogP contribution in [0.4, 0.5) is 9.59 Å². The van der Waals surface area contributed by atoms with Crippen LogP contribution in [0.5, 0.6) is 0 Å². The highest BCUT2D eigenvalue weighted by Crippen LogP contribution is 2.24. The summed E-state index contributed by atoms with van der Waals surface area (Å²) < 4.78 is 10.5. The topological polar surface area (TPSA) is 88.1 Å². The number of hydrogen-bond donors (Lipinski definition) is 2. The van der Waals surface area contributed by atoms with Crippen molar-refractivity contribution in [2.75, 3.05) is 19.7 Å². The minimum atomic E-state index is -0.890. The molecule has 2 amide bonds. The maximum absolute atomic E-state index is 12.1. The van der Waals surface area contributed by atoms with E-state index in [1.54, 1.807) is 41.5 Å². The number of rotatable bonds is 2. The fourth-order valence-corrected chi connectivity index (χ4v) is 2.15. The van der Waals surface area contributed by atoms with Crippen LogP contribution in [0.15, 0.2) is 0 Å².